The van der Waals surface area contributed by atoms with Crippen LogP contribution in [0.3, 0.4) is 0 Å². The molecular weight excluding hydrogens is 516 g/mol. The third-order valence-electron chi connectivity index (χ3n) is 6.54. The number of nitrogens with zero attached hydrogens (tertiary/aromatic N) is 3. The minimum Gasteiger partial charge on any atom is -0.341 e. The van der Waals surface area contributed by atoms with Crippen molar-refractivity contribution in [3.63, 3.8) is 0 Å². The summed E-state index contributed by atoms with van der Waals surface area (Å²) in [5.74, 6) is -0.119. The van der Waals surface area contributed by atoms with Gasteiger partial charge in [-0.3, -0.25) is 14.2 Å². The molecule has 0 radical (unpaired) electrons. The summed E-state index contributed by atoms with van der Waals surface area (Å²) in [6.07, 6.45) is 0. The molecule has 8 heteroatoms. The summed E-state index contributed by atoms with van der Waals surface area (Å²) in [5.41, 5.74) is 3.88. The average Bonchev–Trinajstić information content (AvgIpc) is 3.25. The highest BCUT2D eigenvalue weighted by molar-refractivity contribution is 7.99. The Morgan fingerprint density at radius 3 is 2.42 bits per heavy atom. The smallest absolute Gasteiger partial charge is 0.266 e. The number of carbonyl (C=O) groups excluding carboxylic acids is 1. The first kappa shape index (κ1) is 24.3. The van der Waals surface area contributed by atoms with Crippen LogP contribution in [0.2, 0.25) is 5.02 Å². The number of fused-ring (bicyclic) bond motifs is 4. The van der Waals surface area contributed by atoms with E-state index in [9.17, 15) is 9.59 Å². The number of aromatic nitrogens is 3. The van der Waals surface area contributed by atoms with Crippen molar-refractivity contribution < 1.29 is 4.79 Å². The Morgan fingerprint density at radius 2 is 1.61 bits per heavy atom. The van der Waals surface area contributed by atoms with Crippen molar-refractivity contribution in [2.45, 2.75) is 18.6 Å². The number of thioether (sulfide) groups is 1. The van der Waals surface area contributed by atoms with Crippen molar-refractivity contribution in [3.8, 4) is 5.69 Å². The van der Waals surface area contributed by atoms with Gasteiger partial charge >= 0.3 is 0 Å². The lowest BCUT2D eigenvalue weighted by atomic mass is 10.1. The zero-order valence-electron chi connectivity index (χ0n) is 20.5. The molecule has 0 unspecified atom stereocenters. The highest BCUT2D eigenvalue weighted by atomic mass is 35.5. The van der Waals surface area contributed by atoms with Crippen LogP contribution >= 0.6 is 23.4 Å². The standard InChI is InChI=1S/C30H23ClN4O2S/c1-2-34-25-13-7-4-9-20(25)22-17-19(15-16-26(22)34)32-28(36)18-38-30-33-24-12-6-3-10-21(24)29(37)35(30)27-14-8-5-11-23(27)31/h3-17H,2,18H2,1H3,(H,32,36). The van der Waals surface area contributed by atoms with Gasteiger partial charge in [0, 0.05) is 34.0 Å². The molecular formula is C30H23ClN4O2S. The van der Waals surface area contributed by atoms with E-state index in [1.807, 2.05) is 42.5 Å². The summed E-state index contributed by atoms with van der Waals surface area (Å²) in [4.78, 5) is 31.2. The number of para-hydroxylation sites is 3. The molecule has 2 heterocycles. The molecule has 0 spiro atoms. The number of halogens is 1. The van der Waals surface area contributed by atoms with E-state index in [1.165, 1.54) is 21.8 Å². The highest BCUT2D eigenvalue weighted by Crippen LogP contribution is 2.31. The van der Waals surface area contributed by atoms with Crippen LogP contribution < -0.4 is 10.9 Å². The number of aryl methyl sites for hydroxylation is 1. The molecule has 0 bridgehead atoms. The van der Waals surface area contributed by atoms with Crippen molar-refractivity contribution in [3.05, 3.63) is 106 Å². The van der Waals surface area contributed by atoms with E-state index in [0.29, 0.717) is 26.8 Å². The van der Waals surface area contributed by atoms with E-state index in [0.717, 1.165) is 28.5 Å². The average molecular weight is 539 g/mol. The number of carbonyl (C=O) groups is 1. The van der Waals surface area contributed by atoms with Crippen LogP contribution in [0.15, 0.2) is 101 Å². The molecule has 1 amide bonds. The van der Waals surface area contributed by atoms with Crippen LogP contribution in [0.1, 0.15) is 6.92 Å². The van der Waals surface area contributed by atoms with Crippen LogP contribution in [0.25, 0.3) is 38.4 Å². The second-order valence-electron chi connectivity index (χ2n) is 8.83. The van der Waals surface area contributed by atoms with Gasteiger partial charge in [-0.25, -0.2) is 4.98 Å². The van der Waals surface area contributed by atoms with Crippen molar-refractivity contribution in [1.29, 1.82) is 0 Å². The van der Waals surface area contributed by atoms with E-state index in [4.69, 9.17) is 16.6 Å². The Kier molecular flexibility index (Phi) is 6.39. The highest BCUT2D eigenvalue weighted by Gasteiger charge is 2.17. The number of rotatable bonds is 6. The molecule has 0 aliphatic heterocycles. The normalized spacial score (nSPS) is 11.4. The lowest BCUT2D eigenvalue weighted by molar-refractivity contribution is -0.113. The van der Waals surface area contributed by atoms with Gasteiger partial charge in [-0.05, 0) is 55.5 Å². The molecule has 1 N–H and O–H groups in total. The van der Waals surface area contributed by atoms with Gasteiger partial charge in [0.25, 0.3) is 5.56 Å². The summed E-state index contributed by atoms with van der Waals surface area (Å²) < 4.78 is 3.75. The molecule has 4 aromatic carbocycles. The number of anilines is 1. The fourth-order valence-corrected chi connectivity index (χ4v) is 5.88. The van der Waals surface area contributed by atoms with Gasteiger partial charge < -0.3 is 9.88 Å². The maximum absolute atomic E-state index is 13.4. The molecule has 38 heavy (non-hydrogen) atoms. The van der Waals surface area contributed by atoms with Gasteiger partial charge in [0.2, 0.25) is 5.91 Å². The van der Waals surface area contributed by atoms with Crippen molar-refractivity contribution in [2.75, 3.05) is 11.1 Å². The molecule has 188 valence electrons. The quantitative estimate of drug-likeness (QED) is 0.185. The molecule has 0 fully saturated rings. The molecule has 6 aromatic rings. The second-order valence-corrected chi connectivity index (χ2v) is 10.2. The van der Waals surface area contributed by atoms with Crippen LogP contribution in [0.5, 0.6) is 0 Å². The fourth-order valence-electron chi connectivity index (χ4n) is 4.85. The van der Waals surface area contributed by atoms with Crippen LogP contribution in [0, 0.1) is 0 Å². The van der Waals surface area contributed by atoms with Gasteiger partial charge in [0.05, 0.1) is 27.4 Å². The Morgan fingerprint density at radius 1 is 0.895 bits per heavy atom. The summed E-state index contributed by atoms with van der Waals surface area (Å²) in [6, 6.07) is 28.5. The summed E-state index contributed by atoms with van der Waals surface area (Å²) >= 11 is 7.65. The monoisotopic (exact) mass is 538 g/mol. The number of amides is 1. The number of benzene rings is 4. The van der Waals surface area contributed by atoms with Crippen LogP contribution in [0.4, 0.5) is 5.69 Å². The molecule has 0 aliphatic rings. The summed E-state index contributed by atoms with van der Waals surface area (Å²) in [7, 11) is 0. The Labute approximate surface area is 227 Å². The minimum absolute atomic E-state index is 0.0734. The molecule has 0 aliphatic carbocycles. The maximum atomic E-state index is 13.4. The molecule has 2 aromatic heterocycles. The van der Waals surface area contributed by atoms with Gasteiger partial charge in [0.1, 0.15) is 0 Å². The molecule has 6 rings (SSSR count). The number of nitrogens with one attached hydrogen (secondary N) is 1. The molecule has 0 atom stereocenters. The molecule has 6 nitrogen and oxygen atoms in total. The van der Waals surface area contributed by atoms with Crippen LogP contribution in [-0.4, -0.2) is 25.8 Å². The largest absolute Gasteiger partial charge is 0.341 e. The predicted molar refractivity (Wildman–Crippen MR) is 157 cm³/mol. The Bertz CT molecular complexity index is 1910. The van der Waals surface area contributed by atoms with Gasteiger partial charge in [0.15, 0.2) is 5.16 Å². The van der Waals surface area contributed by atoms with Crippen molar-refractivity contribution >= 4 is 67.7 Å². The second kappa shape index (κ2) is 10.0. The Hall–Kier alpha value is -4.07. The predicted octanol–water partition coefficient (Wildman–Crippen LogP) is 6.90. The molecule has 0 saturated carbocycles. The fraction of sp³-hybridized carbons (Fsp3) is 0.100. The Balaban J connectivity index is 1.31. The zero-order chi connectivity index (χ0) is 26.2. The molecule has 0 saturated heterocycles. The van der Waals surface area contributed by atoms with Crippen molar-refractivity contribution in [2.24, 2.45) is 0 Å². The van der Waals surface area contributed by atoms with Gasteiger partial charge in [-0.15, -0.1) is 0 Å². The maximum Gasteiger partial charge on any atom is 0.266 e. The zero-order valence-corrected chi connectivity index (χ0v) is 22.1. The van der Waals surface area contributed by atoms with Crippen LogP contribution in [-0.2, 0) is 11.3 Å². The van der Waals surface area contributed by atoms with Crippen molar-refractivity contribution in [1.82, 2.24) is 14.1 Å². The minimum atomic E-state index is -0.232. The van der Waals surface area contributed by atoms with Gasteiger partial charge in [-0.1, -0.05) is 65.8 Å². The van der Waals surface area contributed by atoms with E-state index in [1.54, 1.807) is 36.4 Å². The first-order valence-electron chi connectivity index (χ1n) is 12.3. The third-order valence-corrected chi connectivity index (χ3v) is 7.80. The first-order valence-corrected chi connectivity index (χ1v) is 13.6. The SMILES string of the molecule is CCn1c2ccccc2c2cc(NC(=O)CSc3nc4ccccc4c(=O)n3-c3ccccc3Cl)ccc21. The van der Waals surface area contributed by atoms with E-state index in [-0.39, 0.29) is 17.2 Å². The van der Waals surface area contributed by atoms with Gasteiger partial charge in [-0.2, -0.15) is 0 Å². The summed E-state index contributed by atoms with van der Waals surface area (Å²) in [6.45, 7) is 2.99. The topological polar surface area (TPSA) is 68.9 Å². The summed E-state index contributed by atoms with van der Waals surface area (Å²) in [5, 5.41) is 6.57. The number of hydrogen-bond donors (Lipinski definition) is 1. The number of hydrogen-bond acceptors (Lipinski definition) is 4. The lowest BCUT2D eigenvalue weighted by Crippen LogP contribution is -2.23. The van der Waals surface area contributed by atoms with E-state index in [2.05, 4.69) is 28.9 Å². The first-order chi connectivity index (χ1) is 18.5. The van der Waals surface area contributed by atoms with E-state index < -0.39 is 0 Å². The third kappa shape index (κ3) is 4.23. The van der Waals surface area contributed by atoms with E-state index >= 15 is 0 Å². The lowest BCUT2D eigenvalue weighted by Gasteiger charge is -2.14.